The number of hydrogen-bond acceptors (Lipinski definition) is 6. The molecule has 1 fully saturated rings. The second kappa shape index (κ2) is 10.2. The summed E-state index contributed by atoms with van der Waals surface area (Å²) in [6, 6.07) is 12.4. The molecule has 0 saturated heterocycles. The minimum absolute atomic E-state index is 0.185. The first-order valence-electron chi connectivity index (χ1n) is 11.1. The van der Waals surface area contributed by atoms with Crippen molar-refractivity contribution in [3.05, 3.63) is 69.2 Å². The van der Waals surface area contributed by atoms with E-state index in [4.69, 9.17) is 21.3 Å². The van der Waals surface area contributed by atoms with Crippen molar-refractivity contribution in [1.29, 1.82) is 0 Å². The summed E-state index contributed by atoms with van der Waals surface area (Å²) in [5, 5.41) is 5.38. The van der Waals surface area contributed by atoms with Crippen molar-refractivity contribution in [2.45, 2.75) is 51.0 Å². The van der Waals surface area contributed by atoms with Gasteiger partial charge in [0.15, 0.2) is 6.10 Å². The smallest absolute Gasteiger partial charge is 0.346 e. The van der Waals surface area contributed by atoms with Gasteiger partial charge in [0.2, 0.25) is 0 Å². The van der Waals surface area contributed by atoms with Crippen LogP contribution in [0.15, 0.2) is 52.4 Å². The number of hydrogen-bond donors (Lipinski definition) is 0. The van der Waals surface area contributed by atoms with E-state index in [1.54, 1.807) is 37.4 Å². The van der Waals surface area contributed by atoms with Crippen LogP contribution in [0.5, 0.6) is 5.75 Å². The zero-order valence-corrected chi connectivity index (χ0v) is 19.4. The number of methoxy groups -OCH3 is 1. The first kappa shape index (κ1) is 23.0. The van der Waals surface area contributed by atoms with E-state index in [0.29, 0.717) is 33.1 Å². The summed E-state index contributed by atoms with van der Waals surface area (Å²) in [5.74, 6) is 0.772. The molecule has 1 heterocycles. The predicted molar refractivity (Wildman–Crippen MR) is 128 cm³/mol. The fourth-order valence-electron chi connectivity index (χ4n) is 4.10. The van der Waals surface area contributed by atoms with E-state index in [-0.39, 0.29) is 11.5 Å². The molecule has 0 radical (unpaired) electrons. The summed E-state index contributed by atoms with van der Waals surface area (Å²) in [5.41, 5.74) is 1.20. The molecule has 1 saturated carbocycles. The summed E-state index contributed by atoms with van der Waals surface area (Å²) in [6.45, 7) is 1.59. The normalized spacial score (nSPS) is 15.6. The highest BCUT2D eigenvalue weighted by atomic mass is 35.5. The monoisotopic (exact) mass is 467 g/mol. The minimum Gasteiger partial charge on any atom is -0.477 e. The van der Waals surface area contributed by atoms with Gasteiger partial charge < -0.3 is 9.47 Å². The van der Waals surface area contributed by atoms with Crippen LogP contribution in [0.1, 0.15) is 56.3 Å². The lowest BCUT2D eigenvalue weighted by molar-refractivity contribution is -0.147. The fraction of sp³-hybridized carbons (Fsp3) is 0.360. The van der Waals surface area contributed by atoms with Gasteiger partial charge in [-0.05, 0) is 55.7 Å². The van der Waals surface area contributed by atoms with Gasteiger partial charge in [0, 0.05) is 5.92 Å². The molecule has 1 aromatic heterocycles. The fourth-order valence-corrected chi connectivity index (χ4v) is 4.33. The summed E-state index contributed by atoms with van der Waals surface area (Å²) < 4.78 is 11.7. The Morgan fingerprint density at radius 3 is 2.70 bits per heavy atom. The van der Waals surface area contributed by atoms with Crippen molar-refractivity contribution < 1.29 is 14.3 Å². The van der Waals surface area contributed by atoms with Gasteiger partial charge in [0.25, 0.3) is 5.56 Å². The Morgan fingerprint density at radius 1 is 1.21 bits per heavy atom. The van der Waals surface area contributed by atoms with Crippen molar-refractivity contribution >= 4 is 34.7 Å². The van der Waals surface area contributed by atoms with E-state index in [9.17, 15) is 9.59 Å². The number of carbonyl (C=O) groups is 1. The van der Waals surface area contributed by atoms with Gasteiger partial charge in [0.1, 0.15) is 11.6 Å². The third kappa shape index (κ3) is 5.09. The second-order valence-corrected chi connectivity index (χ2v) is 8.56. The van der Waals surface area contributed by atoms with Crippen LogP contribution in [0.2, 0.25) is 5.02 Å². The number of rotatable bonds is 6. The zero-order chi connectivity index (χ0) is 23.4. The van der Waals surface area contributed by atoms with Crippen LogP contribution in [0.4, 0.5) is 0 Å². The van der Waals surface area contributed by atoms with E-state index in [2.05, 4.69) is 9.84 Å². The molecule has 0 aliphatic heterocycles. The topological polar surface area (TPSA) is 82.8 Å². The molecule has 7 nitrogen and oxygen atoms in total. The number of carbonyl (C=O) groups excluding carboxylic acids is 1. The van der Waals surface area contributed by atoms with Gasteiger partial charge in [0.05, 0.1) is 29.2 Å². The molecule has 8 heteroatoms. The average Bonchev–Trinajstić information content (AvgIpc) is 2.84. The SMILES string of the molecule is COC(=O)[C@@H](C)Oc1ccc(C=Nn2c(C3CCCCC3)nc3ccccc3c2=O)cc1Cl. The van der Waals surface area contributed by atoms with Crippen LogP contribution in [0.3, 0.4) is 0 Å². The van der Waals surface area contributed by atoms with Crippen molar-refractivity contribution in [1.82, 2.24) is 9.66 Å². The maximum atomic E-state index is 13.3. The molecule has 0 amide bonds. The van der Waals surface area contributed by atoms with Crippen LogP contribution in [-0.2, 0) is 9.53 Å². The van der Waals surface area contributed by atoms with E-state index in [0.717, 1.165) is 25.7 Å². The van der Waals surface area contributed by atoms with Gasteiger partial charge in [-0.2, -0.15) is 9.78 Å². The number of esters is 1. The molecular formula is C25H26ClN3O4. The van der Waals surface area contributed by atoms with Crippen molar-refractivity contribution in [2.24, 2.45) is 5.10 Å². The Balaban J connectivity index is 1.67. The predicted octanol–water partition coefficient (Wildman–Crippen LogP) is 4.92. The highest BCUT2D eigenvalue weighted by Gasteiger charge is 2.22. The Kier molecular flexibility index (Phi) is 7.08. The van der Waals surface area contributed by atoms with Crippen LogP contribution < -0.4 is 10.3 Å². The standard InChI is InChI=1S/C25H26ClN3O4/c1-16(25(31)32-2)33-22-13-12-17(14-20(22)26)15-27-29-23(18-8-4-3-5-9-18)28-21-11-7-6-10-19(21)24(29)30/h6-7,10-16,18H,3-5,8-9H2,1-2H3/t16-/m1/s1. The molecule has 0 unspecified atom stereocenters. The van der Waals surface area contributed by atoms with Gasteiger partial charge in [-0.25, -0.2) is 9.78 Å². The van der Waals surface area contributed by atoms with Crippen LogP contribution in [0, 0.1) is 0 Å². The molecule has 33 heavy (non-hydrogen) atoms. The number of nitrogens with zero attached hydrogens (tertiary/aromatic N) is 3. The first-order chi connectivity index (χ1) is 16.0. The number of fused-ring (bicyclic) bond motifs is 1. The summed E-state index contributed by atoms with van der Waals surface area (Å²) in [4.78, 5) is 29.7. The molecule has 1 atom stereocenters. The highest BCUT2D eigenvalue weighted by Crippen LogP contribution is 2.32. The average molecular weight is 468 g/mol. The molecule has 0 bridgehead atoms. The highest BCUT2D eigenvalue weighted by molar-refractivity contribution is 6.32. The molecular weight excluding hydrogens is 442 g/mol. The molecule has 4 rings (SSSR count). The lowest BCUT2D eigenvalue weighted by atomic mass is 9.88. The van der Waals surface area contributed by atoms with E-state index in [1.165, 1.54) is 18.2 Å². The number of benzene rings is 2. The van der Waals surface area contributed by atoms with Crippen molar-refractivity contribution in [2.75, 3.05) is 7.11 Å². The second-order valence-electron chi connectivity index (χ2n) is 8.16. The molecule has 3 aromatic rings. The first-order valence-corrected chi connectivity index (χ1v) is 11.5. The third-order valence-corrected chi connectivity index (χ3v) is 6.16. The lowest BCUT2D eigenvalue weighted by Gasteiger charge is -2.22. The molecule has 1 aliphatic rings. The summed E-state index contributed by atoms with van der Waals surface area (Å²) in [7, 11) is 1.30. The molecule has 172 valence electrons. The molecule has 1 aliphatic carbocycles. The van der Waals surface area contributed by atoms with Gasteiger partial charge in [-0.3, -0.25) is 4.79 Å². The molecule has 0 N–H and O–H groups in total. The maximum Gasteiger partial charge on any atom is 0.346 e. The number of ether oxygens (including phenoxy) is 2. The Labute approximate surface area is 197 Å². The van der Waals surface area contributed by atoms with Crippen LogP contribution in [0.25, 0.3) is 10.9 Å². The van der Waals surface area contributed by atoms with E-state index in [1.807, 2.05) is 18.2 Å². The Hall–Kier alpha value is -3.19. The van der Waals surface area contributed by atoms with Gasteiger partial charge in [-0.15, -0.1) is 0 Å². The minimum atomic E-state index is -0.785. The van der Waals surface area contributed by atoms with E-state index < -0.39 is 12.1 Å². The molecule has 2 aromatic carbocycles. The van der Waals surface area contributed by atoms with Crippen molar-refractivity contribution in [3.63, 3.8) is 0 Å². The summed E-state index contributed by atoms with van der Waals surface area (Å²) >= 11 is 6.35. The maximum absolute atomic E-state index is 13.3. The van der Waals surface area contributed by atoms with E-state index >= 15 is 0 Å². The number of para-hydroxylation sites is 1. The lowest BCUT2D eigenvalue weighted by Crippen LogP contribution is -2.25. The van der Waals surface area contributed by atoms with Crippen LogP contribution in [-0.4, -0.2) is 35.1 Å². The van der Waals surface area contributed by atoms with Crippen molar-refractivity contribution in [3.8, 4) is 5.75 Å². The Bertz CT molecular complexity index is 1250. The third-order valence-electron chi connectivity index (χ3n) is 5.86. The number of halogens is 1. The number of aromatic nitrogens is 2. The largest absolute Gasteiger partial charge is 0.477 e. The van der Waals surface area contributed by atoms with Crippen LogP contribution >= 0.6 is 11.6 Å². The zero-order valence-electron chi connectivity index (χ0n) is 18.7. The Morgan fingerprint density at radius 2 is 1.97 bits per heavy atom. The van der Waals surface area contributed by atoms with Gasteiger partial charge in [-0.1, -0.05) is 43.0 Å². The van der Waals surface area contributed by atoms with Gasteiger partial charge >= 0.3 is 5.97 Å². The quantitative estimate of drug-likeness (QED) is 0.379. The summed E-state index contributed by atoms with van der Waals surface area (Å²) in [6.07, 6.45) is 6.25. The molecule has 0 spiro atoms.